The third-order valence-corrected chi connectivity index (χ3v) is 8.98. The fourth-order valence-electron chi connectivity index (χ4n) is 4.04. The largest absolute Gasteiger partial charge is 0.135 e. The summed E-state index contributed by atoms with van der Waals surface area (Å²) in [6.45, 7) is 0. The van der Waals surface area contributed by atoms with Crippen LogP contribution in [-0.4, -0.2) is 0 Å². The van der Waals surface area contributed by atoms with E-state index < -0.39 is 0 Å². The molecule has 3 heteroatoms. The minimum Gasteiger partial charge on any atom is -0.135 e. The van der Waals surface area contributed by atoms with Crippen molar-refractivity contribution in [3.05, 3.63) is 93.6 Å². The second-order valence-electron chi connectivity index (χ2n) is 7.15. The van der Waals surface area contributed by atoms with Crippen LogP contribution in [0.5, 0.6) is 0 Å². The van der Waals surface area contributed by atoms with Crippen molar-refractivity contribution in [3.8, 4) is 0 Å². The predicted octanol–water partition coefficient (Wildman–Crippen LogP) is 8.62. The number of hydrogen-bond acceptors (Lipinski definition) is 2. The van der Waals surface area contributed by atoms with Gasteiger partial charge >= 0.3 is 0 Å². The molecule has 2 aromatic heterocycles. The number of hydrogen-bond donors (Lipinski definition) is 0. The molecule has 0 bridgehead atoms. The molecule has 0 unspecified atom stereocenters. The third-order valence-electron chi connectivity index (χ3n) is 5.36. The summed E-state index contributed by atoms with van der Waals surface area (Å²) < 4.78 is 6.88. The van der Waals surface area contributed by atoms with Gasteiger partial charge < -0.3 is 0 Å². The molecule has 134 valence electrons. The highest BCUT2D eigenvalue weighted by atomic mass is 127. The normalized spacial score (nSPS) is 11.9. The van der Waals surface area contributed by atoms with E-state index in [1.807, 2.05) is 22.7 Å². The lowest BCUT2D eigenvalue weighted by Gasteiger charge is -2.03. The number of fused-ring (bicyclic) bond motifs is 6. The Balaban J connectivity index is 1.44. The Morgan fingerprint density at radius 3 is 2.29 bits per heavy atom. The van der Waals surface area contributed by atoms with Crippen LogP contribution in [0.25, 0.3) is 40.3 Å². The summed E-state index contributed by atoms with van der Waals surface area (Å²) in [5.41, 5.74) is 2.76. The Hall–Kier alpha value is -1.95. The second-order valence-corrected chi connectivity index (χ2v) is 10.5. The number of rotatable bonds is 2. The van der Waals surface area contributed by atoms with Gasteiger partial charge in [0.05, 0.1) is 0 Å². The average molecular weight is 506 g/mol. The van der Waals surface area contributed by atoms with Gasteiger partial charge in [0.2, 0.25) is 0 Å². The maximum atomic E-state index is 2.45. The highest BCUT2D eigenvalue weighted by Crippen LogP contribution is 2.38. The summed E-state index contributed by atoms with van der Waals surface area (Å²) in [5.74, 6) is 0. The van der Waals surface area contributed by atoms with E-state index in [4.69, 9.17) is 0 Å². The highest BCUT2D eigenvalue weighted by Gasteiger charge is 2.09. The van der Waals surface area contributed by atoms with Crippen molar-refractivity contribution in [3.63, 3.8) is 0 Å². The van der Waals surface area contributed by atoms with E-state index in [1.54, 1.807) is 0 Å². The molecule has 0 nitrogen and oxygen atoms in total. The SMILES string of the molecule is Ic1cccc2c1sc1cc(Cc3ccc4sc5ccccc5c4c3)ccc12. The van der Waals surface area contributed by atoms with Gasteiger partial charge in [-0.25, -0.2) is 0 Å². The predicted molar refractivity (Wildman–Crippen MR) is 134 cm³/mol. The van der Waals surface area contributed by atoms with Gasteiger partial charge in [-0.2, -0.15) is 0 Å². The number of halogens is 1. The quantitative estimate of drug-likeness (QED) is 0.206. The van der Waals surface area contributed by atoms with Gasteiger partial charge in [-0.1, -0.05) is 48.5 Å². The number of thiophene rings is 2. The van der Waals surface area contributed by atoms with Crippen LogP contribution in [0.1, 0.15) is 11.1 Å². The van der Waals surface area contributed by atoms with Crippen molar-refractivity contribution in [1.29, 1.82) is 0 Å². The molecule has 2 heterocycles. The molecule has 0 aliphatic carbocycles. The number of benzene rings is 4. The second kappa shape index (κ2) is 6.55. The monoisotopic (exact) mass is 506 g/mol. The Labute approximate surface area is 184 Å². The molecule has 6 rings (SSSR count). The zero-order chi connectivity index (χ0) is 18.7. The molecule has 0 atom stereocenters. The lowest BCUT2D eigenvalue weighted by molar-refractivity contribution is 1.21. The molecular weight excluding hydrogens is 491 g/mol. The lowest BCUT2D eigenvalue weighted by atomic mass is 10.0. The van der Waals surface area contributed by atoms with Crippen LogP contribution in [0.2, 0.25) is 0 Å². The van der Waals surface area contributed by atoms with E-state index in [1.165, 1.54) is 55.0 Å². The average Bonchev–Trinajstić information content (AvgIpc) is 3.27. The molecule has 0 amide bonds. The van der Waals surface area contributed by atoms with E-state index in [-0.39, 0.29) is 0 Å². The Bertz CT molecular complexity index is 1500. The van der Waals surface area contributed by atoms with E-state index in [9.17, 15) is 0 Å². The van der Waals surface area contributed by atoms with Gasteiger partial charge in [0.15, 0.2) is 0 Å². The maximum absolute atomic E-state index is 2.45. The van der Waals surface area contributed by atoms with Gasteiger partial charge in [0.1, 0.15) is 0 Å². The van der Waals surface area contributed by atoms with E-state index in [2.05, 4.69) is 101 Å². The first kappa shape index (κ1) is 17.0. The van der Waals surface area contributed by atoms with Gasteiger partial charge in [-0.15, -0.1) is 22.7 Å². The summed E-state index contributed by atoms with van der Waals surface area (Å²) in [6, 6.07) is 29.2. The molecule has 0 aliphatic heterocycles. The van der Waals surface area contributed by atoms with E-state index in [0.29, 0.717) is 0 Å². The summed E-state index contributed by atoms with van der Waals surface area (Å²) in [5, 5.41) is 5.51. The zero-order valence-corrected chi connectivity index (χ0v) is 18.7. The standard InChI is InChI=1S/C25H15IS2/c26-21-6-3-5-19-18-10-8-16(14-24(18)28-25(19)21)12-15-9-11-23-20(13-15)17-4-1-2-7-22(17)27-23/h1-11,13-14H,12H2. The summed E-state index contributed by atoms with van der Waals surface area (Å²) >= 11 is 6.24. The van der Waals surface area contributed by atoms with Crippen molar-refractivity contribution >= 4 is 85.6 Å². The van der Waals surface area contributed by atoms with Crippen molar-refractivity contribution in [2.75, 3.05) is 0 Å². The molecule has 0 radical (unpaired) electrons. The molecule has 0 fully saturated rings. The molecule has 0 spiro atoms. The van der Waals surface area contributed by atoms with E-state index >= 15 is 0 Å². The smallest absolute Gasteiger partial charge is 0.0488 e. The lowest BCUT2D eigenvalue weighted by Crippen LogP contribution is -1.87. The minimum absolute atomic E-state index is 0.974. The van der Waals surface area contributed by atoms with Crippen LogP contribution in [0.4, 0.5) is 0 Å². The van der Waals surface area contributed by atoms with Crippen molar-refractivity contribution < 1.29 is 0 Å². The van der Waals surface area contributed by atoms with Gasteiger partial charge in [-0.3, -0.25) is 0 Å². The van der Waals surface area contributed by atoms with Gasteiger partial charge in [0, 0.05) is 43.9 Å². The minimum atomic E-state index is 0.974. The summed E-state index contributed by atoms with van der Waals surface area (Å²) in [7, 11) is 0. The van der Waals surface area contributed by atoms with Crippen LogP contribution in [-0.2, 0) is 6.42 Å². The fraction of sp³-hybridized carbons (Fsp3) is 0.0400. The summed E-state index contributed by atoms with van der Waals surface area (Å²) in [4.78, 5) is 0. The van der Waals surface area contributed by atoms with Crippen molar-refractivity contribution in [2.45, 2.75) is 6.42 Å². The Morgan fingerprint density at radius 2 is 1.32 bits per heavy atom. The Morgan fingerprint density at radius 1 is 0.571 bits per heavy atom. The topological polar surface area (TPSA) is 0 Å². The van der Waals surface area contributed by atoms with Crippen LogP contribution in [0.3, 0.4) is 0 Å². The van der Waals surface area contributed by atoms with Crippen LogP contribution < -0.4 is 0 Å². The molecule has 28 heavy (non-hydrogen) atoms. The van der Waals surface area contributed by atoms with Crippen LogP contribution in [0.15, 0.2) is 78.9 Å². The van der Waals surface area contributed by atoms with E-state index in [0.717, 1.165) is 6.42 Å². The third kappa shape index (κ3) is 2.68. The molecule has 0 N–H and O–H groups in total. The van der Waals surface area contributed by atoms with Crippen LogP contribution >= 0.6 is 45.3 Å². The molecule has 0 saturated carbocycles. The molecule has 0 saturated heterocycles. The first-order valence-corrected chi connectivity index (χ1v) is 12.0. The Kier molecular flexibility index (Phi) is 3.96. The van der Waals surface area contributed by atoms with Gasteiger partial charge in [0.25, 0.3) is 0 Å². The van der Waals surface area contributed by atoms with Crippen molar-refractivity contribution in [2.24, 2.45) is 0 Å². The van der Waals surface area contributed by atoms with Crippen molar-refractivity contribution in [1.82, 2.24) is 0 Å². The van der Waals surface area contributed by atoms with Crippen LogP contribution in [0, 0.1) is 3.57 Å². The molecule has 0 aliphatic rings. The highest BCUT2D eigenvalue weighted by molar-refractivity contribution is 14.1. The first-order valence-electron chi connectivity index (χ1n) is 9.26. The fourth-order valence-corrected chi connectivity index (χ4v) is 7.12. The molecule has 4 aromatic carbocycles. The maximum Gasteiger partial charge on any atom is 0.0488 e. The molecular formula is C25H15IS2. The first-order chi connectivity index (χ1) is 13.8. The van der Waals surface area contributed by atoms with Gasteiger partial charge in [-0.05, 0) is 70.5 Å². The summed E-state index contributed by atoms with van der Waals surface area (Å²) in [6.07, 6.45) is 0.974. The zero-order valence-electron chi connectivity index (χ0n) is 14.9. The molecule has 6 aromatic rings.